The Kier molecular flexibility index (Phi) is 3.93. The highest BCUT2D eigenvalue weighted by molar-refractivity contribution is 5.86. The number of aliphatic hydroxyl groups is 2. The van der Waals surface area contributed by atoms with Crippen molar-refractivity contribution in [2.45, 2.75) is 32.0 Å². The molecule has 1 heterocycles. The van der Waals surface area contributed by atoms with Gasteiger partial charge >= 0.3 is 5.63 Å². The number of benzene rings is 1. The van der Waals surface area contributed by atoms with Gasteiger partial charge in [0.25, 0.3) is 0 Å². The van der Waals surface area contributed by atoms with Gasteiger partial charge in [-0.1, -0.05) is 0 Å². The molecule has 3 N–H and O–H groups in total. The van der Waals surface area contributed by atoms with E-state index in [9.17, 15) is 20.1 Å². The molecule has 6 heteroatoms. The normalized spacial score (nSPS) is 13.4. The summed E-state index contributed by atoms with van der Waals surface area (Å²) in [5.74, 6) is -0.189. The van der Waals surface area contributed by atoms with E-state index in [0.717, 1.165) is 0 Å². The maximum atomic E-state index is 11.2. The molecule has 0 spiro atoms. The molecule has 0 amide bonds. The average molecular weight is 294 g/mol. The fourth-order valence-electron chi connectivity index (χ4n) is 2.07. The van der Waals surface area contributed by atoms with Crippen LogP contribution >= 0.6 is 0 Å². The summed E-state index contributed by atoms with van der Waals surface area (Å²) in [6.45, 7) is 2.98. The molecule has 21 heavy (non-hydrogen) atoms. The molecule has 0 fully saturated rings. The predicted octanol–water partition coefficient (Wildman–Crippen LogP) is 1.18. The molecular formula is C15H18O6. The summed E-state index contributed by atoms with van der Waals surface area (Å²) >= 11 is 0. The van der Waals surface area contributed by atoms with Gasteiger partial charge in [-0.2, -0.15) is 0 Å². The summed E-state index contributed by atoms with van der Waals surface area (Å²) in [4.78, 5) is 11.2. The highest BCUT2D eigenvalue weighted by Gasteiger charge is 2.27. The van der Waals surface area contributed by atoms with E-state index < -0.39 is 17.3 Å². The van der Waals surface area contributed by atoms with E-state index in [0.29, 0.717) is 10.9 Å². The third-order valence-corrected chi connectivity index (χ3v) is 3.35. The molecule has 114 valence electrons. The molecule has 0 aliphatic carbocycles. The van der Waals surface area contributed by atoms with Crippen LogP contribution in [-0.4, -0.2) is 34.1 Å². The van der Waals surface area contributed by atoms with E-state index in [2.05, 4.69) is 0 Å². The van der Waals surface area contributed by atoms with Crippen molar-refractivity contribution in [1.29, 1.82) is 0 Å². The van der Waals surface area contributed by atoms with Gasteiger partial charge in [0, 0.05) is 23.4 Å². The summed E-state index contributed by atoms with van der Waals surface area (Å²) in [7, 11) is 1.36. The van der Waals surface area contributed by atoms with Gasteiger partial charge in [-0.15, -0.1) is 0 Å². The Labute approximate surface area is 121 Å². The van der Waals surface area contributed by atoms with Crippen molar-refractivity contribution in [2.24, 2.45) is 0 Å². The van der Waals surface area contributed by atoms with E-state index in [4.69, 9.17) is 9.15 Å². The zero-order valence-corrected chi connectivity index (χ0v) is 12.1. The summed E-state index contributed by atoms with van der Waals surface area (Å²) in [5, 5.41) is 30.5. The van der Waals surface area contributed by atoms with Crippen molar-refractivity contribution in [3.8, 4) is 11.5 Å². The summed E-state index contributed by atoms with van der Waals surface area (Å²) in [5.41, 5.74) is -1.34. The maximum Gasteiger partial charge on any atom is 0.336 e. The number of methoxy groups -OCH3 is 1. The van der Waals surface area contributed by atoms with Gasteiger partial charge in [0.1, 0.15) is 0 Å². The first kappa shape index (κ1) is 15.3. The molecule has 0 aliphatic heterocycles. The fraction of sp³-hybridized carbons (Fsp3) is 0.400. The molecule has 0 aliphatic rings. The first-order valence-electron chi connectivity index (χ1n) is 6.47. The first-order valence-corrected chi connectivity index (χ1v) is 6.47. The number of phenolic OH excluding ortho intramolecular Hbond substituents is 1. The topological polar surface area (TPSA) is 100 Å². The summed E-state index contributed by atoms with van der Waals surface area (Å²) in [6, 6.07) is 4.40. The van der Waals surface area contributed by atoms with E-state index in [1.807, 2.05) is 0 Å². The van der Waals surface area contributed by atoms with Crippen molar-refractivity contribution < 1.29 is 24.5 Å². The van der Waals surface area contributed by atoms with Crippen molar-refractivity contribution >= 4 is 11.0 Å². The molecule has 2 rings (SSSR count). The van der Waals surface area contributed by atoms with Gasteiger partial charge in [-0.25, -0.2) is 4.79 Å². The SMILES string of the molecule is COc1c(C[C@H](O)C(C)(C)O)cc2ccc(=O)oc2c1O. The van der Waals surface area contributed by atoms with Crippen molar-refractivity contribution in [3.63, 3.8) is 0 Å². The lowest BCUT2D eigenvalue weighted by Gasteiger charge is -2.25. The van der Waals surface area contributed by atoms with Crippen LogP contribution in [0.4, 0.5) is 0 Å². The van der Waals surface area contributed by atoms with Crippen LogP contribution in [0.2, 0.25) is 0 Å². The van der Waals surface area contributed by atoms with E-state index >= 15 is 0 Å². The second-order valence-corrected chi connectivity index (χ2v) is 5.46. The Balaban J connectivity index is 2.58. The third kappa shape index (κ3) is 3.01. The van der Waals surface area contributed by atoms with Crippen molar-refractivity contribution in [2.75, 3.05) is 7.11 Å². The first-order chi connectivity index (χ1) is 9.74. The summed E-state index contributed by atoms with van der Waals surface area (Å²) < 4.78 is 10.1. The van der Waals surface area contributed by atoms with Crippen LogP contribution in [0, 0.1) is 0 Å². The Morgan fingerprint density at radius 3 is 2.62 bits per heavy atom. The molecule has 0 unspecified atom stereocenters. The van der Waals surface area contributed by atoms with Crippen LogP contribution in [0.25, 0.3) is 11.0 Å². The molecular weight excluding hydrogens is 276 g/mol. The molecule has 1 aromatic heterocycles. The van der Waals surface area contributed by atoms with Crippen molar-refractivity contribution in [3.05, 3.63) is 34.2 Å². The minimum absolute atomic E-state index is 0.0286. The quantitative estimate of drug-likeness (QED) is 0.732. The molecule has 2 aromatic rings. The third-order valence-electron chi connectivity index (χ3n) is 3.35. The Morgan fingerprint density at radius 2 is 2.05 bits per heavy atom. The molecule has 0 saturated heterocycles. The van der Waals surface area contributed by atoms with Gasteiger partial charge in [0.05, 0.1) is 18.8 Å². The fourth-order valence-corrected chi connectivity index (χ4v) is 2.07. The minimum atomic E-state index is -1.29. The van der Waals surface area contributed by atoms with E-state index in [1.54, 1.807) is 6.07 Å². The van der Waals surface area contributed by atoms with Crippen LogP contribution in [0.5, 0.6) is 11.5 Å². The Morgan fingerprint density at radius 1 is 1.38 bits per heavy atom. The highest BCUT2D eigenvalue weighted by Crippen LogP contribution is 2.38. The number of fused-ring (bicyclic) bond motifs is 1. The second kappa shape index (κ2) is 5.38. The van der Waals surface area contributed by atoms with Gasteiger partial charge < -0.3 is 24.5 Å². The second-order valence-electron chi connectivity index (χ2n) is 5.46. The number of ether oxygens (including phenoxy) is 1. The number of hydrogen-bond acceptors (Lipinski definition) is 6. The van der Waals surface area contributed by atoms with Crippen LogP contribution in [0.3, 0.4) is 0 Å². The molecule has 0 radical (unpaired) electrons. The average Bonchev–Trinajstić information content (AvgIpc) is 2.39. The highest BCUT2D eigenvalue weighted by atomic mass is 16.5. The molecule has 0 bridgehead atoms. The van der Waals surface area contributed by atoms with E-state index in [-0.39, 0.29) is 23.5 Å². The maximum absolute atomic E-state index is 11.2. The Bertz CT molecular complexity index is 710. The van der Waals surface area contributed by atoms with Gasteiger partial charge in [-0.3, -0.25) is 0 Å². The van der Waals surface area contributed by atoms with Crippen LogP contribution < -0.4 is 10.4 Å². The lowest BCUT2D eigenvalue weighted by atomic mass is 9.94. The number of aliphatic hydroxyl groups excluding tert-OH is 1. The number of phenols is 1. The molecule has 0 saturated carbocycles. The number of hydrogen-bond donors (Lipinski definition) is 3. The van der Waals surface area contributed by atoms with E-state index in [1.165, 1.54) is 33.1 Å². The smallest absolute Gasteiger partial charge is 0.336 e. The van der Waals surface area contributed by atoms with Crippen LogP contribution in [-0.2, 0) is 6.42 Å². The minimum Gasteiger partial charge on any atom is -0.502 e. The van der Waals surface area contributed by atoms with Crippen LogP contribution in [0.15, 0.2) is 27.4 Å². The molecule has 6 nitrogen and oxygen atoms in total. The largest absolute Gasteiger partial charge is 0.502 e. The predicted molar refractivity (Wildman–Crippen MR) is 76.7 cm³/mol. The molecule has 1 aromatic carbocycles. The Hall–Kier alpha value is -2.05. The van der Waals surface area contributed by atoms with Gasteiger partial charge in [0.15, 0.2) is 11.3 Å². The standard InChI is InChI=1S/C15H18O6/c1-15(2,19)10(16)7-9-6-8-4-5-11(17)21-14(8)12(18)13(9)20-3/h4-6,10,16,18-19H,7H2,1-3H3/t10-/m0/s1. The monoisotopic (exact) mass is 294 g/mol. The zero-order chi connectivity index (χ0) is 15.8. The number of aromatic hydroxyl groups is 1. The summed E-state index contributed by atoms with van der Waals surface area (Å²) in [6.07, 6.45) is -0.964. The van der Waals surface area contributed by atoms with Gasteiger partial charge in [0.2, 0.25) is 5.75 Å². The zero-order valence-electron chi connectivity index (χ0n) is 12.1. The van der Waals surface area contributed by atoms with Gasteiger partial charge in [-0.05, 0) is 26.0 Å². The number of rotatable bonds is 4. The molecule has 1 atom stereocenters. The lowest BCUT2D eigenvalue weighted by Crippen LogP contribution is -2.37. The lowest BCUT2D eigenvalue weighted by molar-refractivity contribution is -0.0471. The van der Waals surface area contributed by atoms with Crippen molar-refractivity contribution in [1.82, 2.24) is 0 Å². The van der Waals surface area contributed by atoms with Crippen LogP contribution in [0.1, 0.15) is 19.4 Å².